The first-order valence-electron chi connectivity index (χ1n) is 8.98. The molecular weight excluding hydrogens is 404 g/mol. The molecule has 0 aromatic heterocycles. The number of methoxy groups -OCH3 is 1. The van der Waals surface area contributed by atoms with Gasteiger partial charge in [0.2, 0.25) is 11.8 Å². The Kier molecular flexibility index (Phi) is 9.77. The summed E-state index contributed by atoms with van der Waals surface area (Å²) in [4.78, 5) is 46.0. The highest BCUT2D eigenvalue weighted by molar-refractivity contribution is 8.13. The van der Waals surface area contributed by atoms with E-state index in [-0.39, 0.29) is 30.6 Å². The smallest absolute Gasteiger partial charge is 0.328 e. The highest BCUT2D eigenvalue weighted by Crippen LogP contribution is 2.36. The molecule has 1 unspecified atom stereocenters. The normalized spacial score (nSPS) is 23.5. The van der Waals surface area contributed by atoms with E-state index in [4.69, 9.17) is 19.3 Å². The molecule has 0 radical (unpaired) electrons. The standard InChI is InChI=1S/C18H28N2O8S/c1-12(21)29-10-9-19-13(22)6-8-20-16(25)15-17(2,3)11-27-18(26-4,28-15)7-5-14(23)24/h5,7,15H,6,8-11H2,1-4H3,(H,19,22)(H,20,25)(H,23,24)/b7-5+/t15-,18?/m0/s1. The molecule has 0 aromatic rings. The van der Waals surface area contributed by atoms with Gasteiger partial charge in [0.05, 0.1) is 6.61 Å². The number of carbonyl (C=O) groups excluding carboxylic acids is 3. The van der Waals surface area contributed by atoms with Crippen LogP contribution in [0.3, 0.4) is 0 Å². The van der Waals surface area contributed by atoms with Crippen LogP contribution in [0.5, 0.6) is 0 Å². The molecule has 11 heteroatoms. The van der Waals surface area contributed by atoms with Crippen molar-refractivity contribution in [2.75, 3.05) is 32.6 Å². The quantitative estimate of drug-likeness (QED) is 0.328. The number of hydrogen-bond acceptors (Lipinski definition) is 8. The van der Waals surface area contributed by atoms with Crippen molar-refractivity contribution in [3.8, 4) is 0 Å². The van der Waals surface area contributed by atoms with E-state index in [0.29, 0.717) is 12.3 Å². The van der Waals surface area contributed by atoms with E-state index in [2.05, 4.69) is 10.6 Å². The summed E-state index contributed by atoms with van der Waals surface area (Å²) in [5.74, 6) is -3.24. The summed E-state index contributed by atoms with van der Waals surface area (Å²) in [6, 6.07) is 0. The maximum Gasteiger partial charge on any atom is 0.328 e. The molecule has 1 fully saturated rings. The molecule has 2 amide bonds. The maximum absolute atomic E-state index is 12.6. The fraction of sp³-hybridized carbons (Fsp3) is 0.667. The lowest BCUT2D eigenvalue weighted by molar-refractivity contribution is -0.396. The molecule has 0 bridgehead atoms. The molecule has 2 atom stereocenters. The molecule has 0 saturated carbocycles. The van der Waals surface area contributed by atoms with E-state index in [0.717, 1.165) is 23.9 Å². The van der Waals surface area contributed by atoms with Gasteiger partial charge in [0.1, 0.15) is 6.10 Å². The lowest BCUT2D eigenvalue weighted by Gasteiger charge is -2.45. The van der Waals surface area contributed by atoms with Gasteiger partial charge in [-0.2, -0.15) is 0 Å². The summed E-state index contributed by atoms with van der Waals surface area (Å²) in [5, 5.41) is 14.1. The van der Waals surface area contributed by atoms with Gasteiger partial charge in [0.25, 0.3) is 0 Å². The molecule has 1 heterocycles. The van der Waals surface area contributed by atoms with Crippen LogP contribution in [-0.2, 0) is 33.4 Å². The maximum atomic E-state index is 12.6. The molecular formula is C18H28N2O8S. The highest BCUT2D eigenvalue weighted by atomic mass is 32.2. The average Bonchev–Trinajstić information content (AvgIpc) is 2.64. The Labute approximate surface area is 173 Å². The summed E-state index contributed by atoms with van der Waals surface area (Å²) in [6.07, 6.45) is 0.960. The zero-order chi connectivity index (χ0) is 22.1. The SMILES string of the molecule is COC1(/C=C/C(=O)O)OCC(C)(C)[C@H](C(=O)NCCC(=O)NCCSC(C)=O)O1. The topological polar surface area (TPSA) is 140 Å². The first kappa shape index (κ1) is 25.1. The molecule has 29 heavy (non-hydrogen) atoms. The van der Waals surface area contributed by atoms with Crippen molar-refractivity contribution < 1.29 is 38.5 Å². The van der Waals surface area contributed by atoms with Gasteiger partial charge in [-0.25, -0.2) is 4.79 Å². The van der Waals surface area contributed by atoms with Crippen LogP contribution in [0.15, 0.2) is 12.2 Å². The number of hydrogen-bond donors (Lipinski definition) is 3. The van der Waals surface area contributed by atoms with Gasteiger partial charge in [0.15, 0.2) is 5.12 Å². The second kappa shape index (κ2) is 11.3. The zero-order valence-corrected chi connectivity index (χ0v) is 17.8. The van der Waals surface area contributed by atoms with Gasteiger partial charge < -0.3 is 30.0 Å². The predicted molar refractivity (Wildman–Crippen MR) is 105 cm³/mol. The van der Waals surface area contributed by atoms with Crippen LogP contribution in [0.4, 0.5) is 0 Å². The lowest BCUT2D eigenvalue weighted by atomic mass is 9.85. The van der Waals surface area contributed by atoms with Gasteiger partial charge in [0, 0.05) is 56.9 Å². The Morgan fingerprint density at radius 3 is 2.52 bits per heavy atom. The molecule has 1 aliphatic heterocycles. The van der Waals surface area contributed by atoms with Crippen LogP contribution in [-0.4, -0.2) is 72.6 Å². The van der Waals surface area contributed by atoms with Gasteiger partial charge in [-0.15, -0.1) is 0 Å². The van der Waals surface area contributed by atoms with Crippen molar-refractivity contribution in [2.24, 2.45) is 5.41 Å². The number of amides is 2. The number of carboxylic acid groups (broad SMARTS) is 1. The van der Waals surface area contributed by atoms with Crippen molar-refractivity contribution >= 4 is 34.7 Å². The average molecular weight is 432 g/mol. The van der Waals surface area contributed by atoms with Crippen LogP contribution >= 0.6 is 11.8 Å². The highest BCUT2D eigenvalue weighted by Gasteiger charge is 2.49. The molecule has 1 saturated heterocycles. The van der Waals surface area contributed by atoms with E-state index < -0.39 is 29.4 Å². The number of ether oxygens (including phenoxy) is 3. The Balaban J connectivity index is 2.58. The van der Waals surface area contributed by atoms with Crippen molar-refractivity contribution in [1.82, 2.24) is 10.6 Å². The summed E-state index contributed by atoms with van der Waals surface area (Å²) in [5.41, 5.74) is -0.713. The second-order valence-corrected chi connectivity index (χ2v) is 8.26. The number of aliphatic carboxylic acids is 1. The minimum absolute atomic E-state index is 0.0177. The number of carbonyl (C=O) groups is 4. The predicted octanol–water partition coefficient (Wildman–Crippen LogP) is 0.271. The Morgan fingerprint density at radius 1 is 1.24 bits per heavy atom. The van der Waals surface area contributed by atoms with Crippen LogP contribution in [0, 0.1) is 5.41 Å². The molecule has 10 nitrogen and oxygen atoms in total. The van der Waals surface area contributed by atoms with Crippen molar-refractivity contribution in [1.29, 1.82) is 0 Å². The second-order valence-electron chi connectivity index (χ2n) is 6.99. The first-order valence-corrected chi connectivity index (χ1v) is 9.97. The van der Waals surface area contributed by atoms with E-state index in [1.807, 2.05) is 0 Å². The van der Waals surface area contributed by atoms with E-state index in [1.54, 1.807) is 13.8 Å². The van der Waals surface area contributed by atoms with Crippen LogP contribution < -0.4 is 10.6 Å². The van der Waals surface area contributed by atoms with Gasteiger partial charge in [-0.3, -0.25) is 14.4 Å². The minimum atomic E-state index is -1.79. The largest absolute Gasteiger partial charge is 0.478 e. The third-order valence-corrected chi connectivity index (χ3v) is 4.79. The van der Waals surface area contributed by atoms with E-state index in [9.17, 15) is 19.2 Å². The fourth-order valence-electron chi connectivity index (χ4n) is 2.43. The van der Waals surface area contributed by atoms with Gasteiger partial charge >= 0.3 is 11.9 Å². The van der Waals surface area contributed by atoms with Crippen molar-refractivity contribution in [2.45, 2.75) is 39.3 Å². The molecule has 0 spiro atoms. The number of rotatable bonds is 10. The minimum Gasteiger partial charge on any atom is -0.478 e. The number of thioether (sulfide) groups is 1. The van der Waals surface area contributed by atoms with Crippen molar-refractivity contribution in [3.05, 3.63) is 12.2 Å². The van der Waals surface area contributed by atoms with Crippen LogP contribution in [0.25, 0.3) is 0 Å². The Bertz CT molecular complexity index is 652. The Morgan fingerprint density at radius 2 is 1.93 bits per heavy atom. The van der Waals surface area contributed by atoms with E-state index in [1.165, 1.54) is 14.0 Å². The first-order chi connectivity index (χ1) is 13.5. The Hall–Kier alpha value is -1.95. The lowest BCUT2D eigenvalue weighted by Crippen LogP contribution is -2.58. The molecule has 1 aliphatic rings. The number of nitrogens with one attached hydrogen (secondary N) is 2. The zero-order valence-electron chi connectivity index (χ0n) is 17.0. The molecule has 0 aromatic carbocycles. The summed E-state index contributed by atoms with van der Waals surface area (Å²) >= 11 is 1.12. The molecule has 3 N–H and O–H groups in total. The third-order valence-electron chi connectivity index (χ3n) is 3.97. The third kappa shape index (κ3) is 8.52. The monoisotopic (exact) mass is 432 g/mol. The number of carboxylic acids is 1. The molecule has 1 rings (SSSR count). The van der Waals surface area contributed by atoms with E-state index >= 15 is 0 Å². The van der Waals surface area contributed by atoms with Gasteiger partial charge in [-0.05, 0) is 0 Å². The summed E-state index contributed by atoms with van der Waals surface area (Å²) in [7, 11) is 1.27. The summed E-state index contributed by atoms with van der Waals surface area (Å²) in [6.45, 7) is 5.51. The van der Waals surface area contributed by atoms with Crippen LogP contribution in [0.1, 0.15) is 27.2 Å². The summed E-state index contributed by atoms with van der Waals surface area (Å²) < 4.78 is 16.3. The van der Waals surface area contributed by atoms with Crippen molar-refractivity contribution in [3.63, 3.8) is 0 Å². The van der Waals surface area contributed by atoms with Gasteiger partial charge in [-0.1, -0.05) is 25.6 Å². The van der Waals surface area contributed by atoms with Crippen LogP contribution in [0.2, 0.25) is 0 Å². The molecule has 164 valence electrons. The molecule has 0 aliphatic carbocycles. The fourth-order valence-corrected chi connectivity index (χ4v) is 2.92.